The van der Waals surface area contributed by atoms with E-state index < -0.39 is 70.9 Å². The van der Waals surface area contributed by atoms with Crippen LogP contribution in [0.15, 0.2) is 97.2 Å². The van der Waals surface area contributed by atoms with Gasteiger partial charge in [-0.15, -0.1) is 0 Å². The molecule has 3 aliphatic rings. The fraction of sp³-hybridized carbons (Fsp3) is 0.516. The van der Waals surface area contributed by atoms with E-state index >= 15 is 14.4 Å². The molecule has 17 heteroatoms. The van der Waals surface area contributed by atoms with E-state index in [1.165, 1.54) is 5.56 Å². The standard InChI is InChI=1S/C62H84N10O7/c1-38(63-9)54(73)68-52(61(3,4)5)59(78)71-36-44-33-42(27-28-43(44)34-50(71)56(75)66-48-26-19-23-41-22-15-16-25-47(41)48)45-35-51(72(37-45)60(79)53(62(6,7)8)69-55(74)39(2)64-10)57(76)67-49(32-40-20-13-12-14-21-40)58(77)70(11)31-29-46-24-17-18-30-65-46/h12-18,20-22,24-25,27-28,30,33,38-39,45,48-53,63-64H,19,23,26,29,31-32,34-37H2,1-11H3,(H,66,75)(H,67,76)(H,68,73)(H,69,74)/t38-,39-,45-,48+,49-,50-,51-,52+,53+/m0/s1. The normalized spacial score (nSPS) is 20.0. The number of aromatic nitrogens is 1. The second kappa shape index (κ2) is 25.9. The molecule has 0 radical (unpaired) electrons. The molecule has 6 N–H and O–H groups in total. The highest BCUT2D eigenvalue weighted by molar-refractivity contribution is 5.96. The number of benzene rings is 3. The van der Waals surface area contributed by atoms with E-state index in [1.54, 1.807) is 55.9 Å². The maximum atomic E-state index is 15.2. The summed E-state index contributed by atoms with van der Waals surface area (Å²) in [5, 5.41) is 18.3. The molecule has 9 atom stereocenters. The number of aryl methyl sites for hydroxylation is 1. The van der Waals surface area contributed by atoms with Crippen molar-refractivity contribution in [3.63, 3.8) is 0 Å². The smallest absolute Gasteiger partial charge is 0.246 e. The van der Waals surface area contributed by atoms with E-state index in [9.17, 15) is 19.2 Å². The van der Waals surface area contributed by atoms with Gasteiger partial charge in [0.05, 0.1) is 18.1 Å². The van der Waals surface area contributed by atoms with Crippen LogP contribution in [0, 0.1) is 10.8 Å². The molecule has 0 spiro atoms. The molecule has 7 amide bonds. The first-order chi connectivity index (χ1) is 37.5. The third-order valence-electron chi connectivity index (χ3n) is 16.1. The van der Waals surface area contributed by atoms with Gasteiger partial charge in [0.1, 0.15) is 30.2 Å². The third kappa shape index (κ3) is 14.6. The molecule has 0 unspecified atom stereocenters. The molecule has 2 aliphatic heterocycles. The number of likely N-dealkylation sites (tertiary alicyclic amines) is 1. The average molecular weight is 1080 g/mol. The first-order valence-electron chi connectivity index (χ1n) is 28.0. The lowest BCUT2D eigenvalue weighted by molar-refractivity contribution is -0.147. The summed E-state index contributed by atoms with van der Waals surface area (Å²) >= 11 is 0. The van der Waals surface area contributed by atoms with E-state index in [-0.39, 0.29) is 67.9 Å². The molecule has 1 fully saturated rings. The van der Waals surface area contributed by atoms with Crippen LogP contribution in [-0.4, -0.2) is 138 Å². The van der Waals surface area contributed by atoms with Crippen molar-refractivity contribution in [1.29, 1.82) is 0 Å². The largest absolute Gasteiger partial charge is 0.347 e. The summed E-state index contributed by atoms with van der Waals surface area (Å²) in [7, 11) is 5.05. The van der Waals surface area contributed by atoms with Crippen molar-refractivity contribution in [2.75, 3.05) is 34.2 Å². The number of amides is 7. The predicted molar refractivity (Wildman–Crippen MR) is 305 cm³/mol. The summed E-state index contributed by atoms with van der Waals surface area (Å²) in [5.41, 5.74) is 4.91. The third-order valence-corrected chi connectivity index (χ3v) is 16.1. The van der Waals surface area contributed by atoms with E-state index in [1.807, 2.05) is 120 Å². The average Bonchev–Trinajstić information content (AvgIpc) is 4.06. The molecule has 0 saturated carbocycles. The van der Waals surface area contributed by atoms with Gasteiger partial charge in [-0.05, 0) is 110 Å². The molecule has 4 aromatic rings. The molecular formula is C62H84N10O7. The van der Waals surface area contributed by atoms with Crippen LogP contribution in [-0.2, 0) is 65.8 Å². The Hall–Kier alpha value is -6.98. The number of likely N-dealkylation sites (N-methyl/N-ethyl adjacent to an activating group) is 3. The number of carbonyl (C=O) groups excluding carboxylic acids is 7. The Kier molecular flexibility index (Phi) is 19.5. The van der Waals surface area contributed by atoms with Crippen LogP contribution in [0.2, 0.25) is 0 Å². The maximum absolute atomic E-state index is 15.2. The van der Waals surface area contributed by atoms with Gasteiger partial charge in [-0.3, -0.25) is 38.5 Å². The van der Waals surface area contributed by atoms with Crippen LogP contribution in [0.1, 0.15) is 126 Å². The summed E-state index contributed by atoms with van der Waals surface area (Å²) < 4.78 is 0. The molecule has 1 aromatic heterocycles. The van der Waals surface area contributed by atoms with Crippen molar-refractivity contribution < 1.29 is 33.6 Å². The maximum Gasteiger partial charge on any atom is 0.246 e. The minimum Gasteiger partial charge on any atom is -0.347 e. The summed E-state index contributed by atoms with van der Waals surface area (Å²) in [6.07, 6.45) is 5.41. The van der Waals surface area contributed by atoms with Crippen LogP contribution in [0.4, 0.5) is 0 Å². The predicted octanol–water partition coefficient (Wildman–Crippen LogP) is 4.92. The molecule has 3 heterocycles. The highest BCUT2D eigenvalue weighted by atomic mass is 16.2. The van der Waals surface area contributed by atoms with Crippen molar-refractivity contribution in [2.45, 2.75) is 161 Å². The lowest BCUT2D eigenvalue weighted by atomic mass is 9.83. The lowest BCUT2D eigenvalue weighted by Gasteiger charge is -2.42. The van der Waals surface area contributed by atoms with Crippen LogP contribution in [0.3, 0.4) is 0 Å². The summed E-state index contributed by atoms with van der Waals surface area (Å²) in [6, 6.07) is 22.9. The van der Waals surface area contributed by atoms with Crippen LogP contribution in [0.5, 0.6) is 0 Å². The fourth-order valence-electron chi connectivity index (χ4n) is 11.0. The van der Waals surface area contributed by atoms with Gasteiger partial charge in [-0.1, -0.05) is 120 Å². The van der Waals surface area contributed by atoms with Gasteiger partial charge >= 0.3 is 0 Å². The Bertz CT molecular complexity index is 2810. The zero-order valence-electron chi connectivity index (χ0n) is 48.2. The van der Waals surface area contributed by atoms with Crippen molar-refractivity contribution in [1.82, 2.24) is 51.6 Å². The Morgan fingerprint density at radius 2 is 1.32 bits per heavy atom. The first-order valence-corrected chi connectivity index (χ1v) is 28.0. The molecular weight excluding hydrogens is 997 g/mol. The Labute approximate surface area is 467 Å². The minimum atomic E-state index is -1.05. The summed E-state index contributed by atoms with van der Waals surface area (Å²) in [6.45, 7) is 15.2. The van der Waals surface area contributed by atoms with Gasteiger partial charge < -0.3 is 46.6 Å². The topological polar surface area (TPSA) is 214 Å². The number of rotatable bonds is 19. The zero-order chi connectivity index (χ0) is 57.3. The Morgan fingerprint density at radius 3 is 1.94 bits per heavy atom. The number of nitrogens with zero attached hydrogens (tertiary/aromatic N) is 4. The van der Waals surface area contributed by atoms with Gasteiger partial charge in [-0.25, -0.2) is 0 Å². The van der Waals surface area contributed by atoms with E-state index in [0.29, 0.717) is 13.0 Å². The molecule has 424 valence electrons. The molecule has 0 bridgehead atoms. The molecule has 79 heavy (non-hydrogen) atoms. The second-order valence-corrected chi connectivity index (χ2v) is 24.0. The van der Waals surface area contributed by atoms with Gasteiger partial charge in [0.15, 0.2) is 0 Å². The quantitative estimate of drug-likeness (QED) is 0.0746. The van der Waals surface area contributed by atoms with Gasteiger partial charge in [0.25, 0.3) is 0 Å². The van der Waals surface area contributed by atoms with Gasteiger partial charge in [0.2, 0.25) is 41.4 Å². The molecule has 7 rings (SSSR count). The minimum absolute atomic E-state index is 0.0591. The number of hydrogen-bond acceptors (Lipinski definition) is 10. The Balaban J connectivity index is 1.23. The van der Waals surface area contributed by atoms with Crippen molar-refractivity contribution >= 4 is 41.4 Å². The van der Waals surface area contributed by atoms with Crippen molar-refractivity contribution in [3.8, 4) is 0 Å². The lowest BCUT2D eigenvalue weighted by Crippen LogP contribution is -2.62. The van der Waals surface area contributed by atoms with Gasteiger partial charge in [0, 0.05) is 63.8 Å². The van der Waals surface area contributed by atoms with E-state index in [2.05, 4.69) is 49.0 Å². The highest BCUT2D eigenvalue weighted by Crippen LogP contribution is 2.38. The van der Waals surface area contributed by atoms with Crippen LogP contribution in [0.25, 0.3) is 0 Å². The number of hydrogen-bond donors (Lipinski definition) is 6. The first kappa shape index (κ1) is 59.7. The van der Waals surface area contributed by atoms with Gasteiger partial charge in [-0.2, -0.15) is 0 Å². The molecule has 1 aliphatic carbocycles. The monoisotopic (exact) mass is 1080 g/mol. The van der Waals surface area contributed by atoms with E-state index in [0.717, 1.165) is 52.8 Å². The zero-order valence-corrected chi connectivity index (χ0v) is 48.2. The SMILES string of the molecule is CN[C@@H](C)C(=O)N[C@H](C(=O)N1C[C@@H](c2ccc3c(c2)CN(C(=O)[C@@H](NC(=O)[C@H](C)NC)C(C)(C)C)[C@H](C(=O)N[C@@H]2CCCc4ccccc42)C3)C[C@H]1C(=O)N[C@@H](Cc1ccccc1)C(=O)N(C)CCc1ccccn1)C(C)(C)C. The summed E-state index contributed by atoms with van der Waals surface area (Å²) in [5.74, 6) is -3.01. The number of fused-ring (bicyclic) bond motifs is 2. The molecule has 17 nitrogen and oxygen atoms in total. The van der Waals surface area contributed by atoms with Crippen molar-refractivity contribution in [2.24, 2.45) is 10.8 Å². The highest BCUT2D eigenvalue weighted by Gasteiger charge is 2.48. The number of nitrogens with one attached hydrogen (secondary N) is 6. The Morgan fingerprint density at radius 1 is 0.696 bits per heavy atom. The van der Waals surface area contributed by atoms with Crippen LogP contribution >= 0.6 is 0 Å². The van der Waals surface area contributed by atoms with Crippen LogP contribution < -0.4 is 31.9 Å². The number of pyridine rings is 1. The van der Waals surface area contributed by atoms with E-state index in [4.69, 9.17) is 0 Å². The number of carbonyl (C=O) groups is 7. The molecule has 1 saturated heterocycles. The second-order valence-electron chi connectivity index (χ2n) is 24.0. The fourth-order valence-corrected chi connectivity index (χ4v) is 11.0. The van der Waals surface area contributed by atoms with Crippen molar-refractivity contribution in [3.05, 3.63) is 136 Å². The summed E-state index contributed by atoms with van der Waals surface area (Å²) in [4.78, 5) is 111. The molecule has 3 aromatic carbocycles.